The molecule has 1 spiro atoms. The molecule has 0 atom stereocenters. The van der Waals surface area contributed by atoms with E-state index in [1.807, 2.05) is 0 Å². The van der Waals surface area contributed by atoms with Gasteiger partial charge in [0.1, 0.15) is 0 Å². The van der Waals surface area contributed by atoms with Crippen molar-refractivity contribution in [3.8, 4) is 0 Å². The van der Waals surface area contributed by atoms with Gasteiger partial charge in [0.2, 0.25) is 11.8 Å². The molecule has 5 nitrogen and oxygen atoms in total. The molecule has 2 fully saturated rings. The number of carbonyl (C=O) groups is 2. The average molecular weight is 249 g/mol. The largest absolute Gasteiger partial charge is 0.395 e. The minimum Gasteiger partial charge on any atom is -0.395 e. The van der Waals surface area contributed by atoms with Crippen LogP contribution < -0.4 is 5.32 Å². The van der Waals surface area contributed by atoms with Gasteiger partial charge in [0.05, 0.1) is 18.6 Å². The fourth-order valence-corrected chi connectivity index (χ4v) is 2.48. The Balaban J connectivity index is 0.00000128. The van der Waals surface area contributed by atoms with Gasteiger partial charge in [-0.05, 0) is 25.9 Å². The first kappa shape index (κ1) is 13.4. The molecule has 0 radical (unpaired) electrons. The highest BCUT2D eigenvalue weighted by atomic mass is 35.5. The van der Waals surface area contributed by atoms with E-state index in [-0.39, 0.29) is 37.4 Å². The van der Waals surface area contributed by atoms with Gasteiger partial charge in [0.25, 0.3) is 0 Å². The number of β-amino-alcohol motifs (C(OH)–C–C–N with tert-alkyl or cyclic N) is 1. The lowest BCUT2D eigenvalue weighted by Gasteiger charge is -2.31. The second kappa shape index (κ2) is 5.12. The van der Waals surface area contributed by atoms with Crippen LogP contribution in [0.1, 0.15) is 19.3 Å². The van der Waals surface area contributed by atoms with E-state index in [9.17, 15) is 9.59 Å². The van der Waals surface area contributed by atoms with Crippen molar-refractivity contribution >= 4 is 24.2 Å². The molecule has 2 aliphatic heterocycles. The average Bonchev–Trinajstić information content (AvgIpc) is 2.45. The molecule has 2 heterocycles. The summed E-state index contributed by atoms with van der Waals surface area (Å²) in [7, 11) is 0. The summed E-state index contributed by atoms with van der Waals surface area (Å²) in [6.45, 7) is 1.59. The summed E-state index contributed by atoms with van der Waals surface area (Å²) in [4.78, 5) is 24.9. The topological polar surface area (TPSA) is 69.6 Å². The van der Waals surface area contributed by atoms with Gasteiger partial charge >= 0.3 is 0 Å². The number of carbonyl (C=O) groups excluding carboxylic acids is 2. The Kier molecular flexibility index (Phi) is 4.29. The lowest BCUT2D eigenvalue weighted by molar-refractivity contribution is -0.142. The maximum atomic E-state index is 12.0. The summed E-state index contributed by atoms with van der Waals surface area (Å²) in [5.41, 5.74) is -0.461. The highest BCUT2D eigenvalue weighted by molar-refractivity contribution is 6.05. The Hall–Kier alpha value is -0.650. The zero-order valence-electron chi connectivity index (χ0n) is 9.07. The number of rotatable bonds is 2. The maximum Gasteiger partial charge on any atom is 0.236 e. The van der Waals surface area contributed by atoms with Crippen molar-refractivity contribution in [1.82, 2.24) is 10.2 Å². The van der Waals surface area contributed by atoms with Crippen LogP contribution in [0.15, 0.2) is 0 Å². The molecule has 0 bridgehead atoms. The molecule has 16 heavy (non-hydrogen) atoms. The van der Waals surface area contributed by atoms with Crippen LogP contribution in [0, 0.1) is 5.41 Å². The number of likely N-dealkylation sites (tertiary alicyclic amines) is 1. The monoisotopic (exact) mass is 248 g/mol. The zero-order valence-corrected chi connectivity index (χ0v) is 9.89. The van der Waals surface area contributed by atoms with Crippen molar-refractivity contribution in [2.75, 3.05) is 26.2 Å². The smallest absolute Gasteiger partial charge is 0.236 e. The third-order valence-corrected chi connectivity index (χ3v) is 3.37. The number of aliphatic hydroxyl groups is 1. The fourth-order valence-electron chi connectivity index (χ4n) is 2.48. The normalized spacial score (nSPS) is 23.7. The Morgan fingerprint density at radius 3 is 2.50 bits per heavy atom. The Bertz CT molecular complexity index is 290. The van der Waals surface area contributed by atoms with E-state index in [1.54, 1.807) is 0 Å². The van der Waals surface area contributed by atoms with Gasteiger partial charge in [-0.1, -0.05) is 0 Å². The second-order valence-electron chi connectivity index (χ2n) is 4.28. The molecular weight excluding hydrogens is 232 g/mol. The van der Waals surface area contributed by atoms with Crippen LogP contribution in [-0.2, 0) is 9.59 Å². The summed E-state index contributed by atoms with van der Waals surface area (Å²) >= 11 is 0. The van der Waals surface area contributed by atoms with Crippen LogP contribution in [0.4, 0.5) is 0 Å². The van der Waals surface area contributed by atoms with E-state index >= 15 is 0 Å². The highest BCUT2D eigenvalue weighted by Crippen LogP contribution is 2.40. The molecule has 0 aromatic rings. The number of hydrogen-bond donors (Lipinski definition) is 2. The van der Waals surface area contributed by atoms with Crippen LogP contribution in [-0.4, -0.2) is 48.1 Å². The van der Waals surface area contributed by atoms with Crippen LogP contribution in [0.25, 0.3) is 0 Å². The number of hydrogen-bond acceptors (Lipinski definition) is 4. The van der Waals surface area contributed by atoms with Crippen molar-refractivity contribution in [3.63, 3.8) is 0 Å². The molecule has 2 N–H and O–H groups in total. The summed E-state index contributed by atoms with van der Waals surface area (Å²) in [5, 5.41) is 12.0. The SMILES string of the molecule is Cl.O=C1CC2(CCNCC2)C(=O)N1CCO. The highest BCUT2D eigenvalue weighted by Gasteiger charge is 2.51. The number of nitrogens with one attached hydrogen (secondary N) is 1. The van der Waals surface area contributed by atoms with Crippen molar-refractivity contribution in [3.05, 3.63) is 0 Å². The van der Waals surface area contributed by atoms with E-state index in [1.165, 1.54) is 4.90 Å². The van der Waals surface area contributed by atoms with Crippen molar-refractivity contribution in [2.24, 2.45) is 5.41 Å². The lowest BCUT2D eigenvalue weighted by atomic mass is 9.77. The number of nitrogens with zero attached hydrogens (tertiary/aromatic N) is 1. The zero-order chi connectivity index (χ0) is 10.9. The Morgan fingerprint density at radius 2 is 1.94 bits per heavy atom. The molecule has 0 aliphatic carbocycles. The van der Waals surface area contributed by atoms with Crippen molar-refractivity contribution < 1.29 is 14.7 Å². The predicted molar refractivity (Wildman–Crippen MR) is 60.2 cm³/mol. The fraction of sp³-hybridized carbons (Fsp3) is 0.800. The Morgan fingerprint density at radius 1 is 1.31 bits per heavy atom. The second-order valence-corrected chi connectivity index (χ2v) is 4.28. The third-order valence-electron chi connectivity index (χ3n) is 3.37. The maximum absolute atomic E-state index is 12.0. The molecule has 92 valence electrons. The van der Waals surface area contributed by atoms with Gasteiger partial charge in [0, 0.05) is 6.42 Å². The predicted octanol–water partition coefficient (Wildman–Crippen LogP) is -0.471. The quantitative estimate of drug-likeness (QED) is 0.649. The standard InChI is InChI=1S/C10H16N2O3.ClH/c13-6-5-12-8(14)7-10(9(12)15)1-3-11-4-2-10;/h11,13H,1-7H2;1H. The van der Waals surface area contributed by atoms with Crippen LogP contribution in [0.5, 0.6) is 0 Å². The minimum absolute atomic E-state index is 0. The minimum atomic E-state index is -0.461. The number of aliphatic hydroxyl groups excluding tert-OH is 1. The van der Waals surface area contributed by atoms with E-state index in [0.29, 0.717) is 6.42 Å². The molecule has 2 rings (SSSR count). The van der Waals surface area contributed by atoms with Crippen molar-refractivity contribution in [1.29, 1.82) is 0 Å². The lowest BCUT2D eigenvalue weighted by Crippen LogP contribution is -2.43. The number of piperidine rings is 1. The van der Waals surface area contributed by atoms with Crippen molar-refractivity contribution in [2.45, 2.75) is 19.3 Å². The first-order chi connectivity index (χ1) is 7.19. The summed E-state index contributed by atoms with van der Waals surface area (Å²) < 4.78 is 0. The van der Waals surface area contributed by atoms with Gasteiger partial charge in [-0.2, -0.15) is 0 Å². The van der Waals surface area contributed by atoms with Gasteiger partial charge in [-0.3, -0.25) is 14.5 Å². The molecule has 0 saturated carbocycles. The first-order valence-electron chi connectivity index (χ1n) is 5.36. The van der Waals surface area contributed by atoms with Crippen LogP contribution in [0.2, 0.25) is 0 Å². The summed E-state index contributed by atoms with van der Waals surface area (Å²) in [5.74, 6) is -0.209. The van der Waals surface area contributed by atoms with Gasteiger partial charge in [0.15, 0.2) is 0 Å². The number of imide groups is 1. The summed E-state index contributed by atoms with van der Waals surface area (Å²) in [6, 6.07) is 0. The van der Waals surface area contributed by atoms with Gasteiger partial charge in [-0.15, -0.1) is 12.4 Å². The molecule has 0 unspecified atom stereocenters. The van der Waals surface area contributed by atoms with Crippen LogP contribution in [0.3, 0.4) is 0 Å². The van der Waals surface area contributed by atoms with E-state index in [2.05, 4.69) is 5.32 Å². The third kappa shape index (κ3) is 2.07. The van der Waals surface area contributed by atoms with E-state index in [0.717, 1.165) is 25.9 Å². The molecule has 0 aromatic carbocycles. The molecule has 2 aliphatic rings. The van der Waals surface area contributed by atoms with Gasteiger partial charge < -0.3 is 10.4 Å². The summed E-state index contributed by atoms with van der Waals surface area (Å²) in [6.07, 6.45) is 1.80. The number of amides is 2. The molecule has 6 heteroatoms. The van der Waals surface area contributed by atoms with E-state index in [4.69, 9.17) is 5.11 Å². The molecule has 0 aromatic heterocycles. The van der Waals surface area contributed by atoms with Crippen LogP contribution >= 0.6 is 12.4 Å². The molecule has 2 saturated heterocycles. The number of halogens is 1. The molecular formula is C10H17ClN2O3. The first-order valence-corrected chi connectivity index (χ1v) is 5.36. The van der Waals surface area contributed by atoms with Gasteiger partial charge in [-0.25, -0.2) is 0 Å². The van der Waals surface area contributed by atoms with E-state index < -0.39 is 5.41 Å². The Labute approximate surface area is 101 Å². The molecule has 2 amide bonds.